The first kappa shape index (κ1) is 12.7. The second kappa shape index (κ2) is 4.78. The largest absolute Gasteiger partial charge is 0.486 e. The van der Waals surface area contributed by atoms with Gasteiger partial charge in [-0.15, -0.1) is 0 Å². The lowest BCUT2D eigenvalue weighted by Crippen LogP contribution is -2.15. The van der Waals surface area contributed by atoms with Crippen molar-refractivity contribution >= 4 is 5.65 Å². The molecule has 1 aliphatic heterocycles. The minimum atomic E-state index is 0.523. The van der Waals surface area contributed by atoms with Crippen molar-refractivity contribution < 1.29 is 9.47 Å². The molecule has 1 aliphatic rings. The van der Waals surface area contributed by atoms with E-state index in [-0.39, 0.29) is 0 Å². The van der Waals surface area contributed by atoms with Crippen LogP contribution < -0.4 is 9.47 Å². The summed E-state index contributed by atoms with van der Waals surface area (Å²) < 4.78 is 13.0. The highest BCUT2D eigenvalue weighted by atomic mass is 16.6. The Kier molecular flexibility index (Phi) is 2.76. The number of benzene rings is 1. The fourth-order valence-corrected chi connectivity index (χ4v) is 2.65. The summed E-state index contributed by atoms with van der Waals surface area (Å²) in [6, 6.07) is 11.8. The molecule has 4 rings (SSSR count). The molecule has 5 heteroatoms. The molecule has 1 aromatic carbocycles. The molecule has 0 fully saturated rings. The SMILES string of the molecule is Cc1ccc2nc(-c3ccc4c(c3)OCCO4)c(C#N)n2c1. The predicted octanol–water partition coefficient (Wildman–Crippen LogP) is 2.95. The Labute approximate surface area is 127 Å². The maximum absolute atomic E-state index is 9.53. The molecule has 0 atom stereocenters. The first-order chi connectivity index (χ1) is 10.8. The molecule has 0 unspecified atom stereocenters. The fourth-order valence-electron chi connectivity index (χ4n) is 2.65. The van der Waals surface area contributed by atoms with Gasteiger partial charge in [0.2, 0.25) is 0 Å². The van der Waals surface area contributed by atoms with Gasteiger partial charge in [-0.25, -0.2) is 4.98 Å². The molecule has 0 bridgehead atoms. The van der Waals surface area contributed by atoms with Crippen molar-refractivity contribution in [1.82, 2.24) is 9.38 Å². The monoisotopic (exact) mass is 291 g/mol. The van der Waals surface area contributed by atoms with E-state index in [1.807, 2.05) is 47.9 Å². The van der Waals surface area contributed by atoms with E-state index in [4.69, 9.17) is 9.47 Å². The van der Waals surface area contributed by atoms with Gasteiger partial charge in [0.15, 0.2) is 17.2 Å². The summed E-state index contributed by atoms with van der Waals surface area (Å²) in [4.78, 5) is 4.59. The van der Waals surface area contributed by atoms with Crippen LogP contribution in [0.5, 0.6) is 11.5 Å². The normalized spacial score (nSPS) is 13.1. The molecule has 0 saturated carbocycles. The molecular formula is C17H13N3O2. The van der Waals surface area contributed by atoms with Crippen molar-refractivity contribution in [1.29, 1.82) is 5.26 Å². The van der Waals surface area contributed by atoms with Crippen LogP contribution >= 0.6 is 0 Å². The lowest BCUT2D eigenvalue weighted by molar-refractivity contribution is 0.171. The van der Waals surface area contributed by atoms with E-state index in [0.29, 0.717) is 30.4 Å². The highest BCUT2D eigenvalue weighted by Crippen LogP contribution is 2.35. The maximum Gasteiger partial charge on any atom is 0.162 e. The molecule has 0 N–H and O–H groups in total. The highest BCUT2D eigenvalue weighted by Gasteiger charge is 2.17. The summed E-state index contributed by atoms with van der Waals surface area (Å²) in [6.45, 7) is 3.08. The van der Waals surface area contributed by atoms with E-state index < -0.39 is 0 Å². The van der Waals surface area contributed by atoms with Gasteiger partial charge in [-0.05, 0) is 36.8 Å². The summed E-state index contributed by atoms with van der Waals surface area (Å²) in [6.07, 6.45) is 1.92. The van der Waals surface area contributed by atoms with Crippen LogP contribution in [0.3, 0.4) is 0 Å². The number of nitriles is 1. The van der Waals surface area contributed by atoms with Crippen LogP contribution in [-0.4, -0.2) is 22.6 Å². The third-order valence-electron chi connectivity index (χ3n) is 3.69. The van der Waals surface area contributed by atoms with E-state index in [1.165, 1.54) is 0 Å². The van der Waals surface area contributed by atoms with Crippen molar-refractivity contribution in [2.45, 2.75) is 6.92 Å². The summed E-state index contributed by atoms with van der Waals surface area (Å²) in [5, 5.41) is 9.53. The average molecular weight is 291 g/mol. The Balaban J connectivity index is 1.92. The number of aryl methyl sites for hydroxylation is 1. The number of hydrogen-bond donors (Lipinski definition) is 0. The number of aromatic nitrogens is 2. The molecule has 22 heavy (non-hydrogen) atoms. The van der Waals surface area contributed by atoms with Crippen LogP contribution in [-0.2, 0) is 0 Å². The Morgan fingerprint density at radius 3 is 2.77 bits per heavy atom. The number of imidazole rings is 1. The van der Waals surface area contributed by atoms with E-state index in [2.05, 4.69) is 11.1 Å². The van der Waals surface area contributed by atoms with E-state index in [0.717, 1.165) is 22.5 Å². The van der Waals surface area contributed by atoms with Crippen molar-refractivity contribution in [2.75, 3.05) is 13.2 Å². The van der Waals surface area contributed by atoms with E-state index >= 15 is 0 Å². The number of fused-ring (bicyclic) bond motifs is 2. The minimum Gasteiger partial charge on any atom is -0.486 e. The van der Waals surface area contributed by atoms with Crippen LogP contribution in [0.2, 0.25) is 0 Å². The zero-order valence-electron chi connectivity index (χ0n) is 12.0. The van der Waals surface area contributed by atoms with Crippen LogP contribution in [0, 0.1) is 18.3 Å². The molecule has 0 saturated heterocycles. The molecule has 0 radical (unpaired) electrons. The molecule has 5 nitrogen and oxygen atoms in total. The molecule has 108 valence electrons. The lowest BCUT2D eigenvalue weighted by Gasteiger charge is -2.18. The third kappa shape index (κ3) is 1.89. The zero-order valence-corrected chi connectivity index (χ0v) is 12.0. The van der Waals surface area contributed by atoms with E-state index in [9.17, 15) is 5.26 Å². The van der Waals surface area contributed by atoms with Gasteiger partial charge < -0.3 is 9.47 Å². The molecular weight excluding hydrogens is 278 g/mol. The number of rotatable bonds is 1. The van der Waals surface area contributed by atoms with Gasteiger partial charge in [0.05, 0.1) is 0 Å². The van der Waals surface area contributed by atoms with Crippen molar-refractivity contribution in [3.8, 4) is 28.8 Å². The molecule has 0 amide bonds. The Morgan fingerprint density at radius 2 is 1.95 bits per heavy atom. The summed E-state index contributed by atoms with van der Waals surface area (Å²) in [7, 11) is 0. The Hall–Kier alpha value is -3.00. The second-order valence-electron chi connectivity index (χ2n) is 5.21. The minimum absolute atomic E-state index is 0.523. The Morgan fingerprint density at radius 1 is 1.14 bits per heavy atom. The first-order valence-corrected chi connectivity index (χ1v) is 7.05. The van der Waals surface area contributed by atoms with Crippen LogP contribution in [0.1, 0.15) is 11.3 Å². The molecule has 2 aromatic heterocycles. The van der Waals surface area contributed by atoms with Crippen molar-refractivity contribution in [2.24, 2.45) is 0 Å². The third-order valence-corrected chi connectivity index (χ3v) is 3.69. The first-order valence-electron chi connectivity index (χ1n) is 7.05. The summed E-state index contributed by atoms with van der Waals surface area (Å²) in [5.41, 5.74) is 3.87. The van der Waals surface area contributed by atoms with Gasteiger partial charge in [0, 0.05) is 11.8 Å². The number of nitrogens with zero attached hydrogens (tertiary/aromatic N) is 3. The number of hydrogen-bond acceptors (Lipinski definition) is 4. The van der Waals surface area contributed by atoms with E-state index in [1.54, 1.807) is 0 Å². The van der Waals surface area contributed by atoms with Crippen LogP contribution in [0.25, 0.3) is 16.9 Å². The molecule has 3 aromatic rings. The van der Waals surface area contributed by atoms with Gasteiger partial charge in [0.1, 0.15) is 30.6 Å². The smallest absolute Gasteiger partial charge is 0.162 e. The zero-order chi connectivity index (χ0) is 15.1. The second-order valence-corrected chi connectivity index (χ2v) is 5.21. The van der Waals surface area contributed by atoms with Crippen LogP contribution in [0.4, 0.5) is 0 Å². The summed E-state index contributed by atoms with van der Waals surface area (Å²) in [5.74, 6) is 1.42. The number of ether oxygens (including phenoxy) is 2. The van der Waals surface area contributed by atoms with Crippen molar-refractivity contribution in [3.05, 3.63) is 47.8 Å². The highest BCUT2D eigenvalue weighted by molar-refractivity contribution is 5.72. The average Bonchev–Trinajstić information content (AvgIpc) is 2.92. The quantitative estimate of drug-likeness (QED) is 0.691. The molecule has 0 spiro atoms. The topological polar surface area (TPSA) is 59.5 Å². The molecule has 0 aliphatic carbocycles. The van der Waals surface area contributed by atoms with Gasteiger partial charge in [-0.3, -0.25) is 4.40 Å². The summed E-state index contributed by atoms with van der Waals surface area (Å²) >= 11 is 0. The van der Waals surface area contributed by atoms with Gasteiger partial charge in [-0.1, -0.05) is 6.07 Å². The fraction of sp³-hybridized carbons (Fsp3) is 0.176. The standard InChI is InChI=1S/C17H13N3O2/c1-11-2-5-16-19-17(13(9-18)20(16)10-11)12-3-4-14-15(8-12)22-7-6-21-14/h2-5,8,10H,6-7H2,1H3. The molecule has 3 heterocycles. The van der Waals surface area contributed by atoms with Crippen molar-refractivity contribution in [3.63, 3.8) is 0 Å². The Bertz CT molecular complexity index is 922. The lowest BCUT2D eigenvalue weighted by atomic mass is 10.1. The van der Waals surface area contributed by atoms with Crippen LogP contribution in [0.15, 0.2) is 36.5 Å². The van der Waals surface area contributed by atoms with Gasteiger partial charge >= 0.3 is 0 Å². The van der Waals surface area contributed by atoms with Gasteiger partial charge in [0.25, 0.3) is 0 Å². The van der Waals surface area contributed by atoms with Gasteiger partial charge in [-0.2, -0.15) is 5.26 Å². The maximum atomic E-state index is 9.53. The number of pyridine rings is 1. The predicted molar refractivity (Wildman–Crippen MR) is 81.1 cm³/mol.